The molecule has 0 saturated carbocycles. The van der Waals surface area contributed by atoms with E-state index < -0.39 is 17.8 Å². The first-order valence-electron chi connectivity index (χ1n) is 9.32. The predicted molar refractivity (Wildman–Crippen MR) is 120 cm³/mol. The highest BCUT2D eigenvalue weighted by molar-refractivity contribution is 6.30. The van der Waals surface area contributed by atoms with Crippen LogP contribution in [0.5, 0.6) is 0 Å². The van der Waals surface area contributed by atoms with Gasteiger partial charge in [-0.1, -0.05) is 47.5 Å². The Morgan fingerprint density at radius 2 is 1.58 bits per heavy atom. The van der Waals surface area contributed by atoms with E-state index in [2.05, 4.69) is 10.6 Å². The van der Waals surface area contributed by atoms with E-state index >= 15 is 0 Å². The highest BCUT2D eigenvalue weighted by Gasteiger charge is 2.16. The first-order valence-corrected chi connectivity index (χ1v) is 9.69. The third kappa shape index (κ3) is 6.04. The lowest BCUT2D eigenvalue weighted by atomic mass is 10.1. The Morgan fingerprint density at radius 1 is 0.903 bits per heavy atom. The van der Waals surface area contributed by atoms with Crippen LogP contribution < -0.4 is 10.6 Å². The van der Waals surface area contributed by atoms with Gasteiger partial charge in [0.25, 0.3) is 11.8 Å². The molecule has 0 bridgehead atoms. The maximum Gasteiger partial charge on any atom is 0.335 e. The summed E-state index contributed by atoms with van der Waals surface area (Å²) < 4.78 is 0. The average Bonchev–Trinajstić information content (AvgIpc) is 2.75. The molecule has 0 fully saturated rings. The zero-order valence-corrected chi connectivity index (χ0v) is 17.3. The lowest BCUT2D eigenvalue weighted by Gasteiger charge is -2.12. The molecule has 0 unspecified atom stereocenters. The minimum atomic E-state index is -1.11. The molecule has 0 aliphatic heterocycles. The molecule has 0 saturated heterocycles. The van der Waals surface area contributed by atoms with E-state index in [1.165, 1.54) is 24.3 Å². The molecule has 0 aromatic heterocycles. The van der Waals surface area contributed by atoms with Gasteiger partial charge in [0.2, 0.25) is 0 Å². The second kappa shape index (κ2) is 9.73. The number of aromatic carboxylic acids is 1. The van der Waals surface area contributed by atoms with Crippen LogP contribution in [0.25, 0.3) is 6.08 Å². The minimum absolute atomic E-state index is 0.00590. The summed E-state index contributed by atoms with van der Waals surface area (Å²) in [5.74, 6) is -2.16. The van der Waals surface area contributed by atoms with Gasteiger partial charge in [0.15, 0.2) is 0 Å². The Bertz CT molecular complexity index is 1150. The molecule has 3 aromatic rings. The maximum atomic E-state index is 12.9. The molecule has 0 heterocycles. The number of hydrogen-bond donors (Lipinski definition) is 3. The van der Waals surface area contributed by atoms with E-state index in [1.807, 2.05) is 6.92 Å². The van der Waals surface area contributed by atoms with Gasteiger partial charge < -0.3 is 15.7 Å². The summed E-state index contributed by atoms with van der Waals surface area (Å²) in [6.07, 6.45) is 1.51. The summed E-state index contributed by atoms with van der Waals surface area (Å²) >= 11 is 5.92. The number of carbonyl (C=O) groups is 3. The van der Waals surface area contributed by atoms with Crippen molar-refractivity contribution < 1.29 is 19.5 Å². The number of carboxylic acid groups (broad SMARTS) is 1. The van der Waals surface area contributed by atoms with Crippen LogP contribution in [0.15, 0.2) is 78.5 Å². The average molecular weight is 435 g/mol. The van der Waals surface area contributed by atoms with Crippen LogP contribution in [0.4, 0.5) is 5.69 Å². The molecule has 3 rings (SSSR count). The highest BCUT2D eigenvalue weighted by Crippen LogP contribution is 2.15. The van der Waals surface area contributed by atoms with E-state index in [0.717, 1.165) is 5.56 Å². The predicted octanol–water partition coefficient (Wildman–Crippen LogP) is 4.76. The van der Waals surface area contributed by atoms with Gasteiger partial charge in [-0.05, 0) is 61.0 Å². The van der Waals surface area contributed by atoms with E-state index in [-0.39, 0.29) is 16.9 Å². The van der Waals surface area contributed by atoms with Crippen LogP contribution in [-0.4, -0.2) is 22.9 Å². The molecule has 3 N–H and O–H groups in total. The number of nitrogens with one attached hydrogen (secondary N) is 2. The van der Waals surface area contributed by atoms with Gasteiger partial charge in [0.05, 0.1) is 5.56 Å². The standard InChI is InChI=1S/C24H19ClN2O4/c1-15-5-9-17(10-6-15)22(28)27-21(13-16-7-11-19(25)12-8-16)23(29)26-20-4-2-3-18(14-20)24(30)31/h2-14H,1H3,(H,26,29)(H,27,28)(H,30,31). The van der Waals surface area contributed by atoms with E-state index in [9.17, 15) is 14.4 Å². The third-order valence-electron chi connectivity index (χ3n) is 4.35. The topological polar surface area (TPSA) is 95.5 Å². The zero-order chi connectivity index (χ0) is 22.4. The second-order valence-corrected chi connectivity index (χ2v) is 7.21. The van der Waals surface area contributed by atoms with Gasteiger partial charge >= 0.3 is 5.97 Å². The molecular formula is C24H19ClN2O4. The van der Waals surface area contributed by atoms with Crippen LogP contribution >= 0.6 is 11.6 Å². The van der Waals surface area contributed by atoms with Crippen molar-refractivity contribution in [2.24, 2.45) is 0 Å². The van der Waals surface area contributed by atoms with Crippen LogP contribution in [-0.2, 0) is 4.79 Å². The minimum Gasteiger partial charge on any atom is -0.478 e. The maximum absolute atomic E-state index is 12.9. The van der Waals surface area contributed by atoms with Crippen LogP contribution in [0.3, 0.4) is 0 Å². The number of hydrogen-bond acceptors (Lipinski definition) is 3. The van der Waals surface area contributed by atoms with Crippen LogP contribution in [0.2, 0.25) is 5.02 Å². The summed E-state index contributed by atoms with van der Waals surface area (Å²) in [7, 11) is 0. The Hall–Kier alpha value is -3.90. The monoisotopic (exact) mass is 434 g/mol. The lowest BCUT2D eigenvalue weighted by molar-refractivity contribution is -0.113. The SMILES string of the molecule is Cc1ccc(C(=O)NC(=Cc2ccc(Cl)cc2)C(=O)Nc2cccc(C(=O)O)c2)cc1. The Morgan fingerprint density at radius 3 is 2.23 bits per heavy atom. The number of carboxylic acids is 1. The molecule has 6 nitrogen and oxygen atoms in total. The number of rotatable bonds is 6. The molecule has 0 radical (unpaired) electrons. The summed E-state index contributed by atoms with van der Waals surface area (Å²) in [6, 6.07) is 19.5. The van der Waals surface area contributed by atoms with Gasteiger partial charge in [-0.3, -0.25) is 9.59 Å². The van der Waals surface area contributed by atoms with Crippen molar-refractivity contribution >= 4 is 41.1 Å². The molecule has 7 heteroatoms. The third-order valence-corrected chi connectivity index (χ3v) is 4.61. The van der Waals surface area contributed by atoms with Gasteiger partial charge in [-0.15, -0.1) is 0 Å². The fraction of sp³-hybridized carbons (Fsp3) is 0.0417. The fourth-order valence-corrected chi connectivity index (χ4v) is 2.84. The molecule has 0 aliphatic carbocycles. The molecule has 0 atom stereocenters. The summed E-state index contributed by atoms with van der Waals surface area (Å²) in [6.45, 7) is 1.91. The molecule has 0 aliphatic rings. The normalized spacial score (nSPS) is 11.0. The van der Waals surface area contributed by atoms with Crippen molar-refractivity contribution in [1.29, 1.82) is 0 Å². The number of benzene rings is 3. The first kappa shape index (κ1) is 21.8. The summed E-state index contributed by atoms with van der Waals surface area (Å²) in [5, 5.41) is 14.9. The number of anilines is 1. The van der Waals surface area contributed by atoms with Crippen LogP contribution in [0, 0.1) is 6.92 Å². The van der Waals surface area contributed by atoms with E-state index in [0.29, 0.717) is 16.1 Å². The zero-order valence-electron chi connectivity index (χ0n) is 16.6. The van der Waals surface area contributed by atoms with E-state index in [4.69, 9.17) is 16.7 Å². The Balaban J connectivity index is 1.89. The quantitative estimate of drug-likeness (QED) is 0.487. The smallest absolute Gasteiger partial charge is 0.335 e. The van der Waals surface area contributed by atoms with E-state index in [1.54, 1.807) is 54.6 Å². The second-order valence-electron chi connectivity index (χ2n) is 6.77. The molecule has 3 aromatic carbocycles. The fourth-order valence-electron chi connectivity index (χ4n) is 2.71. The van der Waals surface area contributed by atoms with Crippen molar-refractivity contribution in [3.05, 3.63) is 106 Å². The summed E-state index contributed by atoms with van der Waals surface area (Å²) in [5.41, 5.74) is 2.37. The number of halogens is 1. The van der Waals surface area contributed by atoms with Crippen molar-refractivity contribution in [2.45, 2.75) is 6.92 Å². The highest BCUT2D eigenvalue weighted by atomic mass is 35.5. The van der Waals surface area contributed by atoms with Gasteiger partial charge in [-0.25, -0.2) is 4.79 Å². The van der Waals surface area contributed by atoms with Crippen molar-refractivity contribution in [3.63, 3.8) is 0 Å². The van der Waals surface area contributed by atoms with Crippen molar-refractivity contribution in [2.75, 3.05) is 5.32 Å². The molecule has 31 heavy (non-hydrogen) atoms. The molecular weight excluding hydrogens is 416 g/mol. The van der Waals surface area contributed by atoms with Crippen molar-refractivity contribution in [1.82, 2.24) is 5.32 Å². The molecule has 156 valence electrons. The molecule has 0 spiro atoms. The first-order chi connectivity index (χ1) is 14.8. The van der Waals surface area contributed by atoms with Gasteiger partial charge in [0, 0.05) is 16.3 Å². The Kier molecular flexibility index (Phi) is 6.85. The van der Waals surface area contributed by atoms with Crippen LogP contribution in [0.1, 0.15) is 31.8 Å². The lowest BCUT2D eigenvalue weighted by Crippen LogP contribution is -2.30. The summed E-state index contributed by atoms with van der Waals surface area (Å²) in [4.78, 5) is 36.8. The van der Waals surface area contributed by atoms with Gasteiger partial charge in [-0.2, -0.15) is 0 Å². The number of carbonyl (C=O) groups excluding carboxylic acids is 2. The molecule has 2 amide bonds. The van der Waals surface area contributed by atoms with Gasteiger partial charge in [0.1, 0.15) is 5.70 Å². The number of amides is 2. The number of aryl methyl sites for hydroxylation is 1. The van der Waals surface area contributed by atoms with Crippen molar-refractivity contribution in [3.8, 4) is 0 Å². The Labute approximate surface area is 184 Å². The largest absolute Gasteiger partial charge is 0.478 e.